The first-order valence-electron chi connectivity index (χ1n) is 31.5. The van der Waals surface area contributed by atoms with Crippen LogP contribution in [0.15, 0.2) is 0 Å². The molecule has 3 rings (SSSR count). The van der Waals surface area contributed by atoms with E-state index in [4.69, 9.17) is 71.2 Å². The molecule has 38 nitrogen and oxygen atoms in total. The van der Waals surface area contributed by atoms with E-state index >= 15 is 0 Å². The molecule has 17 atom stereocenters. The van der Waals surface area contributed by atoms with Crippen LogP contribution in [0, 0.1) is 0 Å². The van der Waals surface area contributed by atoms with Crippen molar-refractivity contribution in [1.82, 2.24) is 30.7 Å². The van der Waals surface area contributed by atoms with Gasteiger partial charge in [-0.25, -0.2) is 13.7 Å². The third-order valence-electron chi connectivity index (χ3n) is 14.0. The molecule has 0 aliphatic carbocycles. The van der Waals surface area contributed by atoms with Gasteiger partial charge in [0.2, 0.25) is 17.7 Å². The Morgan fingerprint density at radius 2 is 0.608 bits per heavy atom. The zero-order chi connectivity index (χ0) is 74.7. The number of phosphoric acid groups is 3. The number of ether oxygens (including phenoxy) is 10. The Morgan fingerprint density at radius 1 is 0.381 bits per heavy atom. The third-order valence-corrected chi connectivity index (χ3v) is 16.4. The average molecular weight is 1470 g/mol. The molecule has 2 unspecified atom stereocenters. The van der Waals surface area contributed by atoms with Crippen LogP contribution in [-0.2, 0) is 127 Å². The molecular weight excluding hydrogens is 1360 g/mol. The Kier molecular flexibility index (Phi) is 44.3. The SMILES string of the molecule is CC(=O)N[C@@H]1[C@@H](OP(=O)(O)OC[C@H]2O[C@H](OP(=O)(O)OC[C@H]3O[C@H](OCCN)[C@@H](NC(C)=O)[C@@H](OC(C)=O)[C@@H]3OC(C)=O)[C@@H](NC(C)=O)[C@@H](OC(C)=O)[C@@H]2OC(C)=O)O[C@H](COP(=O)(O)O)[C@@H](OC(C)=O)[C@@H]1OC(C)=O.CCN(CC)CC.CCN(CC)CC.CCN(CC)CC. The number of phosphoric ester groups is 3. The molecule has 3 aliphatic rings. The van der Waals surface area contributed by atoms with E-state index in [1.54, 1.807) is 0 Å². The number of amides is 3. The van der Waals surface area contributed by atoms with E-state index in [2.05, 4.69) is 97.5 Å². The van der Waals surface area contributed by atoms with Gasteiger partial charge in [0.1, 0.15) is 36.4 Å². The second kappa shape index (κ2) is 46.6. The highest BCUT2D eigenvalue weighted by molar-refractivity contribution is 7.47. The minimum Gasteiger partial charge on any atom is -0.456 e. The van der Waals surface area contributed by atoms with Crippen LogP contribution in [0.1, 0.15) is 125 Å². The second-order valence-corrected chi connectivity index (χ2v) is 25.3. The van der Waals surface area contributed by atoms with Gasteiger partial charge in [0.15, 0.2) is 55.5 Å². The van der Waals surface area contributed by atoms with E-state index in [1.807, 2.05) is 0 Å². The van der Waals surface area contributed by atoms with Crippen LogP contribution < -0.4 is 21.7 Å². The molecular formula is C56H106N7O31P3. The molecule has 3 heterocycles. The van der Waals surface area contributed by atoms with Crippen molar-refractivity contribution in [2.24, 2.45) is 5.73 Å². The maximum atomic E-state index is 13.9. The summed E-state index contributed by atoms with van der Waals surface area (Å²) in [4.78, 5) is 160. The lowest BCUT2D eigenvalue weighted by Crippen LogP contribution is -2.67. The Hall–Kier alpha value is -4.76. The molecule has 3 amide bonds. The van der Waals surface area contributed by atoms with Crippen LogP contribution in [0.4, 0.5) is 0 Å². The summed E-state index contributed by atoms with van der Waals surface area (Å²) in [5, 5.41) is 6.94. The molecule has 0 aromatic carbocycles. The average Bonchev–Trinajstić information content (AvgIpc) is 0.794. The van der Waals surface area contributed by atoms with Gasteiger partial charge in [-0.05, 0) is 58.9 Å². The van der Waals surface area contributed by atoms with Gasteiger partial charge >= 0.3 is 59.3 Å². The van der Waals surface area contributed by atoms with Crippen molar-refractivity contribution in [3.63, 3.8) is 0 Å². The van der Waals surface area contributed by atoms with E-state index < -0.39 is 189 Å². The first kappa shape index (κ1) is 92.2. The molecule has 9 N–H and O–H groups in total. The Labute approximate surface area is 566 Å². The lowest BCUT2D eigenvalue weighted by molar-refractivity contribution is -0.277. The number of carbonyl (C=O) groups excluding carboxylic acids is 9. The highest BCUT2D eigenvalue weighted by atomic mass is 31.2. The lowest BCUT2D eigenvalue weighted by atomic mass is 9.96. The summed E-state index contributed by atoms with van der Waals surface area (Å²) in [7, 11) is -16.8. The summed E-state index contributed by atoms with van der Waals surface area (Å²) in [6, 6.07) is -5.25. The van der Waals surface area contributed by atoms with Gasteiger partial charge in [-0.2, -0.15) is 0 Å². The van der Waals surface area contributed by atoms with Crippen molar-refractivity contribution >= 4 is 77.0 Å². The van der Waals surface area contributed by atoms with E-state index in [0.29, 0.717) is 0 Å². The van der Waals surface area contributed by atoms with Gasteiger partial charge < -0.3 is 103 Å². The number of hydrogen-bond donors (Lipinski definition) is 8. The van der Waals surface area contributed by atoms with Crippen LogP contribution in [0.25, 0.3) is 0 Å². The molecule has 3 saturated heterocycles. The fraction of sp³-hybridized carbons (Fsp3) is 0.839. The monoisotopic (exact) mass is 1470 g/mol. The lowest BCUT2D eigenvalue weighted by Gasteiger charge is -2.46. The number of esters is 6. The minimum atomic E-state index is -5.79. The van der Waals surface area contributed by atoms with E-state index in [-0.39, 0.29) is 13.2 Å². The summed E-state index contributed by atoms with van der Waals surface area (Å²) in [5.74, 6) is -9.06. The van der Waals surface area contributed by atoms with Crippen LogP contribution in [-0.4, -0.2) is 272 Å². The number of nitrogens with two attached hydrogens (primary N) is 1. The predicted octanol–water partition coefficient (Wildman–Crippen LogP) is 0.662. The summed E-state index contributed by atoms with van der Waals surface area (Å²) >= 11 is 0. The molecule has 0 aromatic heterocycles. The Bertz CT molecular complexity index is 2540. The second-order valence-electron chi connectivity index (χ2n) is 21.3. The number of nitrogens with one attached hydrogen (secondary N) is 3. The van der Waals surface area contributed by atoms with Crippen LogP contribution >= 0.6 is 23.5 Å². The molecule has 0 bridgehead atoms. The smallest absolute Gasteiger partial charge is 0.456 e. The van der Waals surface area contributed by atoms with Gasteiger partial charge in [0.25, 0.3) is 0 Å². The van der Waals surface area contributed by atoms with Crippen molar-refractivity contribution in [3.05, 3.63) is 0 Å². The van der Waals surface area contributed by atoms with Crippen molar-refractivity contribution in [2.45, 2.75) is 217 Å². The highest BCUT2D eigenvalue weighted by Gasteiger charge is 2.57. The zero-order valence-corrected chi connectivity index (χ0v) is 61.3. The quantitative estimate of drug-likeness (QED) is 0.0249. The topological polar surface area (TPSA) is 496 Å². The molecule has 97 heavy (non-hydrogen) atoms. The summed E-state index contributed by atoms with van der Waals surface area (Å²) < 4.78 is 120. The largest absolute Gasteiger partial charge is 0.474 e. The van der Waals surface area contributed by atoms with E-state index in [9.17, 15) is 76.4 Å². The van der Waals surface area contributed by atoms with Crippen LogP contribution in [0.5, 0.6) is 0 Å². The normalized spacial score (nSPS) is 26.6. The summed E-state index contributed by atoms with van der Waals surface area (Å²) in [5.41, 5.74) is 5.58. The molecule has 0 aromatic rings. The molecule has 0 saturated carbocycles. The summed E-state index contributed by atoms with van der Waals surface area (Å²) in [6.07, 6.45) is -23.1. The van der Waals surface area contributed by atoms with Crippen molar-refractivity contribution in [1.29, 1.82) is 0 Å². The van der Waals surface area contributed by atoms with E-state index in [1.165, 1.54) is 58.9 Å². The fourth-order valence-electron chi connectivity index (χ4n) is 9.62. The molecule has 41 heteroatoms. The highest BCUT2D eigenvalue weighted by Crippen LogP contribution is 2.50. The number of rotatable bonds is 34. The molecule has 3 aliphatic heterocycles. The molecule has 0 radical (unpaired) electrons. The van der Waals surface area contributed by atoms with Crippen LogP contribution in [0.2, 0.25) is 0 Å². The maximum Gasteiger partial charge on any atom is 0.474 e. The molecule has 0 spiro atoms. The first-order valence-corrected chi connectivity index (χ1v) is 36.0. The van der Waals surface area contributed by atoms with Gasteiger partial charge in [-0.15, -0.1) is 0 Å². The van der Waals surface area contributed by atoms with Crippen molar-refractivity contribution < 1.29 is 146 Å². The van der Waals surface area contributed by atoms with Gasteiger partial charge in [0.05, 0.1) is 26.4 Å². The Morgan fingerprint density at radius 3 is 0.814 bits per heavy atom. The number of carbonyl (C=O) groups is 9. The standard InChI is InChI=1S/C38H61N4O31P3.3C6H15N/c1-15(43)40-27-33(66-21(7)49)31(64-19(5)47)25(69-36(27)59-11-10-39)13-61-75(55,56)73-38-29(42-17(3)45)35(68-23(9)51)32(65-20(6)48)26(71-38)14-62-76(57,58)72-37-28(41-16(2)44)34(67-22(8)50)30(63-18(4)46)24(70-37)12-60-74(52,53)54;3*1-4-7(5-2)6-3/h24-38H,10-14,39H2,1-9H3,(H,40,43)(H,41,44)(H,42,45)(H,55,56)(H,57,58)(H2,52,53,54);3*4-6H2,1-3H3/t24-,25-,26-,27+,28+,29+,30-,31-,32-,33-,34-,35-,36+,37-,38-;;;/m1.../s1. The maximum absolute atomic E-state index is 13.9. The Balaban J connectivity index is 0.00000376. The van der Waals surface area contributed by atoms with E-state index in [0.717, 1.165) is 62.3 Å². The molecule has 566 valence electrons. The minimum absolute atomic E-state index is 0.108. The van der Waals surface area contributed by atoms with Gasteiger partial charge in [-0.1, -0.05) is 62.3 Å². The first-order chi connectivity index (χ1) is 45.2. The van der Waals surface area contributed by atoms with Gasteiger partial charge in [-0.3, -0.25) is 65.8 Å². The molecule has 3 fully saturated rings. The number of nitrogens with zero attached hydrogens (tertiary/aromatic N) is 3. The predicted molar refractivity (Wildman–Crippen MR) is 339 cm³/mol. The third kappa shape index (κ3) is 36.4. The van der Waals surface area contributed by atoms with Crippen LogP contribution in [0.3, 0.4) is 0 Å². The zero-order valence-electron chi connectivity index (χ0n) is 58.6. The summed E-state index contributed by atoms with van der Waals surface area (Å²) in [6.45, 7) is 34.7. The number of hydrogen-bond acceptors (Lipinski definition) is 31. The fourth-order valence-corrected chi connectivity index (χ4v) is 11.6. The van der Waals surface area contributed by atoms with Crippen molar-refractivity contribution in [3.8, 4) is 0 Å². The van der Waals surface area contributed by atoms with Crippen molar-refractivity contribution in [2.75, 3.05) is 91.9 Å². The van der Waals surface area contributed by atoms with Gasteiger partial charge in [0, 0.05) is 68.9 Å².